The Balaban J connectivity index is 3.16. The van der Waals surface area contributed by atoms with Gasteiger partial charge in [-0.1, -0.05) is 0 Å². The summed E-state index contributed by atoms with van der Waals surface area (Å²) in [5.41, 5.74) is 6.20. The van der Waals surface area contributed by atoms with Crippen molar-refractivity contribution in [1.29, 1.82) is 0 Å². The van der Waals surface area contributed by atoms with Crippen molar-refractivity contribution in [1.82, 2.24) is 0 Å². The molecule has 1 aromatic carbocycles. The number of halogens is 2. The van der Waals surface area contributed by atoms with E-state index in [1.54, 1.807) is 12.1 Å². The summed E-state index contributed by atoms with van der Waals surface area (Å²) in [5.74, 6) is 1.29. The number of benzene rings is 1. The molecule has 0 heterocycles. The van der Waals surface area contributed by atoms with Crippen LogP contribution in [0.4, 0.5) is 8.78 Å². The van der Waals surface area contributed by atoms with Crippen LogP contribution in [-0.2, 0) is 0 Å². The molecule has 0 aliphatic carbocycles. The van der Waals surface area contributed by atoms with Gasteiger partial charge in [0.1, 0.15) is 5.75 Å². The number of rotatable bonds is 6. The van der Waals surface area contributed by atoms with E-state index in [1.165, 1.54) is 21.3 Å². The Bertz CT molecular complexity index is 399. The van der Waals surface area contributed by atoms with E-state index in [2.05, 4.69) is 0 Å². The Labute approximate surface area is 105 Å². The summed E-state index contributed by atoms with van der Waals surface area (Å²) in [6.45, 7) is 0. The molecule has 4 nitrogen and oxygen atoms in total. The van der Waals surface area contributed by atoms with Crippen molar-refractivity contribution in [2.45, 2.75) is 18.9 Å². The van der Waals surface area contributed by atoms with E-state index in [0.29, 0.717) is 22.8 Å². The summed E-state index contributed by atoms with van der Waals surface area (Å²) in [4.78, 5) is 0. The first-order valence-electron chi connectivity index (χ1n) is 5.37. The van der Waals surface area contributed by atoms with E-state index in [9.17, 15) is 8.78 Å². The molecule has 1 aromatic rings. The van der Waals surface area contributed by atoms with Crippen LogP contribution < -0.4 is 19.9 Å². The zero-order valence-corrected chi connectivity index (χ0v) is 10.6. The third-order valence-corrected chi connectivity index (χ3v) is 2.57. The van der Waals surface area contributed by atoms with Crippen molar-refractivity contribution in [2.75, 3.05) is 21.3 Å². The van der Waals surface area contributed by atoms with E-state index < -0.39 is 18.9 Å². The zero-order valence-electron chi connectivity index (χ0n) is 10.6. The molecule has 0 saturated carbocycles. The molecule has 102 valence electrons. The van der Waals surface area contributed by atoms with Crippen LogP contribution in [0.15, 0.2) is 12.1 Å². The molecule has 6 heteroatoms. The van der Waals surface area contributed by atoms with Gasteiger partial charge >= 0.3 is 0 Å². The van der Waals surface area contributed by atoms with E-state index in [1.807, 2.05) is 0 Å². The lowest BCUT2D eigenvalue weighted by Crippen LogP contribution is -2.15. The maximum atomic E-state index is 12.4. The first-order valence-corrected chi connectivity index (χ1v) is 5.37. The van der Waals surface area contributed by atoms with Crippen LogP contribution in [0, 0.1) is 0 Å². The quantitative estimate of drug-likeness (QED) is 0.854. The number of alkyl halides is 2. The second-order valence-electron chi connectivity index (χ2n) is 3.68. The smallest absolute Gasteiger partial charge is 0.240 e. The molecule has 0 spiro atoms. The number of ether oxygens (including phenoxy) is 3. The van der Waals surface area contributed by atoms with Gasteiger partial charge in [-0.15, -0.1) is 0 Å². The fourth-order valence-corrected chi connectivity index (χ4v) is 1.66. The van der Waals surface area contributed by atoms with Crippen LogP contribution in [0.2, 0.25) is 0 Å². The van der Waals surface area contributed by atoms with Gasteiger partial charge in [0.25, 0.3) is 0 Å². The Morgan fingerprint density at radius 2 is 1.50 bits per heavy atom. The number of nitrogens with two attached hydrogens (primary N) is 1. The molecule has 0 unspecified atom stereocenters. The lowest BCUT2D eigenvalue weighted by molar-refractivity contribution is 0.128. The molecule has 1 rings (SSSR count). The normalized spacial score (nSPS) is 12.4. The van der Waals surface area contributed by atoms with Crippen molar-refractivity contribution in [3.63, 3.8) is 0 Å². The van der Waals surface area contributed by atoms with Crippen LogP contribution in [0.3, 0.4) is 0 Å². The molecule has 1 atom stereocenters. The lowest BCUT2D eigenvalue weighted by atomic mass is 10.0. The zero-order chi connectivity index (χ0) is 13.7. The Morgan fingerprint density at radius 3 is 1.94 bits per heavy atom. The highest BCUT2D eigenvalue weighted by Crippen LogP contribution is 2.38. The number of methoxy groups -OCH3 is 3. The minimum atomic E-state index is -2.47. The largest absolute Gasteiger partial charge is 0.496 e. The first-order chi connectivity index (χ1) is 8.53. The third-order valence-electron chi connectivity index (χ3n) is 2.57. The molecule has 0 aromatic heterocycles. The first kappa shape index (κ1) is 14.5. The van der Waals surface area contributed by atoms with Crippen molar-refractivity contribution < 1.29 is 23.0 Å². The summed E-state index contributed by atoms with van der Waals surface area (Å²) in [5, 5.41) is 0. The average Bonchev–Trinajstić information content (AvgIpc) is 2.36. The highest BCUT2D eigenvalue weighted by atomic mass is 19.3. The van der Waals surface area contributed by atoms with Gasteiger partial charge in [0.2, 0.25) is 6.43 Å². The minimum Gasteiger partial charge on any atom is -0.496 e. The maximum Gasteiger partial charge on any atom is 0.240 e. The highest BCUT2D eigenvalue weighted by molar-refractivity contribution is 5.51. The summed E-state index contributed by atoms with van der Waals surface area (Å²) in [6, 6.07) is 2.31. The molecule has 0 radical (unpaired) electrons. The lowest BCUT2D eigenvalue weighted by Gasteiger charge is -2.18. The van der Waals surface area contributed by atoms with Gasteiger partial charge in [-0.25, -0.2) is 8.78 Å². The summed E-state index contributed by atoms with van der Waals surface area (Å²) < 4.78 is 40.1. The fraction of sp³-hybridized carbons (Fsp3) is 0.500. The van der Waals surface area contributed by atoms with Crippen molar-refractivity contribution in [2.24, 2.45) is 5.73 Å². The number of hydrogen-bond acceptors (Lipinski definition) is 4. The van der Waals surface area contributed by atoms with E-state index in [-0.39, 0.29) is 0 Å². The van der Waals surface area contributed by atoms with Crippen LogP contribution in [0.25, 0.3) is 0 Å². The van der Waals surface area contributed by atoms with Gasteiger partial charge < -0.3 is 19.9 Å². The molecular weight excluding hydrogens is 244 g/mol. The molecule has 0 bridgehead atoms. The molecule has 18 heavy (non-hydrogen) atoms. The van der Waals surface area contributed by atoms with Gasteiger partial charge in [-0.3, -0.25) is 0 Å². The Morgan fingerprint density at radius 1 is 1.00 bits per heavy atom. The molecule has 0 aliphatic rings. The molecular formula is C12H17F2NO3. The Hall–Kier alpha value is -1.56. The molecule has 0 fully saturated rings. The minimum absolute atomic E-state index is 0.404. The summed E-state index contributed by atoms with van der Waals surface area (Å²) in [6.07, 6.45) is -2.91. The SMILES string of the molecule is COc1cc(OC)c([C@H](N)CC(F)F)cc1OC. The van der Waals surface area contributed by atoms with Crippen molar-refractivity contribution in [3.8, 4) is 17.2 Å². The Kier molecular flexibility index (Phi) is 5.15. The summed E-state index contributed by atoms with van der Waals surface area (Å²) >= 11 is 0. The predicted octanol–water partition coefficient (Wildman–Crippen LogP) is 2.37. The topological polar surface area (TPSA) is 53.7 Å². The molecule has 0 aliphatic heterocycles. The van der Waals surface area contributed by atoms with E-state index in [4.69, 9.17) is 19.9 Å². The van der Waals surface area contributed by atoms with Gasteiger partial charge in [0.15, 0.2) is 11.5 Å². The van der Waals surface area contributed by atoms with E-state index in [0.717, 1.165) is 0 Å². The van der Waals surface area contributed by atoms with Gasteiger partial charge in [0, 0.05) is 24.1 Å². The van der Waals surface area contributed by atoms with Crippen molar-refractivity contribution in [3.05, 3.63) is 17.7 Å². The molecule has 0 saturated heterocycles. The van der Waals surface area contributed by atoms with Crippen LogP contribution in [0.5, 0.6) is 17.2 Å². The highest BCUT2D eigenvalue weighted by Gasteiger charge is 2.20. The third kappa shape index (κ3) is 3.22. The maximum absolute atomic E-state index is 12.4. The predicted molar refractivity (Wildman–Crippen MR) is 63.6 cm³/mol. The van der Waals surface area contributed by atoms with Crippen LogP contribution >= 0.6 is 0 Å². The summed E-state index contributed by atoms with van der Waals surface area (Å²) in [7, 11) is 4.39. The van der Waals surface area contributed by atoms with E-state index >= 15 is 0 Å². The van der Waals surface area contributed by atoms with Gasteiger partial charge in [-0.05, 0) is 6.07 Å². The van der Waals surface area contributed by atoms with Gasteiger partial charge in [0.05, 0.1) is 21.3 Å². The second-order valence-corrected chi connectivity index (χ2v) is 3.68. The van der Waals surface area contributed by atoms with Crippen molar-refractivity contribution >= 4 is 0 Å². The second kappa shape index (κ2) is 6.39. The molecule has 0 amide bonds. The fourth-order valence-electron chi connectivity index (χ4n) is 1.66. The number of hydrogen-bond donors (Lipinski definition) is 1. The standard InChI is InChI=1S/C12H17F2NO3/c1-16-9-6-11(18-3)10(17-2)4-7(9)8(15)5-12(13)14/h4,6,8,12H,5,15H2,1-3H3/t8-/m1/s1. The van der Waals surface area contributed by atoms with Crippen LogP contribution in [-0.4, -0.2) is 27.8 Å². The van der Waals surface area contributed by atoms with Crippen LogP contribution in [0.1, 0.15) is 18.0 Å². The average molecular weight is 261 g/mol. The monoisotopic (exact) mass is 261 g/mol. The molecule has 2 N–H and O–H groups in total. The van der Waals surface area contributed by atoms with Gasteiger partial charge in [-0.2, -0.15) is 0 Å².